The highest BCUT2D eigenvalue weighted by molar-refractivity contribution is 4.80. The summed E-state index contributed by atoms with van der Waals surface area (Å²) in [5.74, 6) is 0. The molecule has 0 aliphatic carbocycles. The molecule has 0 bridgehead atoms. The van der Waals surface area contributed by atoms with Crippen LogP contribution in [-0.4, -0.2) is 62.0 Å². The summed E-state index contributed by atoms with van der Waals surface area (Å²) >= 11 is 0. The van der Waals surface area contributed by atoms with Crippen LogP contribution in [0.1, 0.15) is 33.6 Å². The number of nitrogens with zero attached hydrogens (tertiary/aromatic N) is 1. The maximum Gasteiger partial charge on any atom is 0.0826 e. The van der Waals surface area contributed by atoms with E-state index in [2.05, 4.69) is 31.0 Å². The molecular formula is C14H28N2O2. The van der Waals surface area contributed by atoms with Gasteiger partial charge in [-0.05, 0) is 33.6 Å². The van der Waals surface area contributed by atoms with Gasteiger partial charge in [0.2, 0.25) is 0 Å². The molecule has 2 aliphatic rings. The van der Waals surface area contributed by atoms with Crippen LogP contribution in [0, 0.1) is 0 Å². The zero-order valence-corrected chi connectivity index (χ0v) is 12.0. The Morgan fingerprint density at radius 3 is 2.83 bits per heavy atom. The standard InChI is InChI=1S/C14H28N2O2/c1-11(2)16-5-7-18-14(10-16)9-15-13-4-6-17-12(3)8-13/h11-15H,4-10H2,1-3H3. The van der Waals surface area contributed by atoms with Gasteiger partial charge in [-0.3, -0.25) is 4.90 Å². The van der Waals surface area contributed by atoms with Gasteiger partial charge in [0.15, 0.2) is 0 Å². The summed E-state index contributed by atoms with van der Waals surface area (Å²) in [4.78, 5) is 2.50. The SMILES string of the molecule is CC1CC(NCC2CN(C(C)C)CCO2)CCO1. The Hall–Kier alpha value is -0.160. The molecule has 2 saturated heterocycles. The van der Waals surface area contributed by atoms with Crippen molar-refractivity contribution in [3.63, 3.8) is 0 Å². The number of hydrogen-bond acceptors (Lipinski definition) is 4. The molecule has 0 aromatic rings. The molecule has 106 valence electrons. The van der Waals surface area contributed by atoms with E-state index in [1.54, 1.807) is 0 Å². The molecule has 3 unspecified atom stereocenters. The van der Waals surface area contributed by atoms with E-state index in [-0.39, 0.29) is 0 Å². The molecule has 0 radical (unpaired) electrons. The fraction of sp³-hybridized carbons (Fsp3) is 1.00. The van der Waals surface area contributed by atoms with Gasteiger partial charge in [0.05, 0.1) is 18.8 Å². The Morgan fingerprint density at radius 2 is 2.11 bits per heavy atom. The van der Waals surface area contributed by atoms with Gasteiger partial charge in [-0.15, -0.1) is 0 Å². The summed E-state index contributed by atoms with van der Waals surface area (Å²) in [6.45, 7) is 11.5. The number of rotatable bonds is 4. The van der Waals surface area contributed by atoms with Crippen LogP contribution in [0.15, 0.2) is 0 Å². The molecule has 0 aromatic carbocycles. The highest BCUT2D eigenvalue weighted by Crippen LogP contribution is 2.14. The molecule has 2 rings (SSSR count). The van der Waals surface area contributed by atoms with Gasteiger partial charge in [-0.2, -0.15) is 0 Å². The molecule has 0 amide bonds. The average molecular weight is 256 g/mol. The first-order valence-electron chi connectivity index (χ1n) is 7.35. The van der Waals surface area contributed by atoms with Gasteiger partial charge < -0.3 is 14.8 Å². The maximum atomic E-state index is 5.84. The van der Waals surface area contributed by atoms with Crippen molar-refractivity contribution in [2.45, 2.75) is 57.9 Å². The third kappa shape index (κ3) is 4.19. The van der Waals surface area contributed by atoms with Gasteiger partial charge in [-0.25, -0.2) is 0 Å². The second kappa shape index (κ2) is 6.85. The predicted octanol–water partition coefficient (Wildman–Crippen LogP) is 1.25. The lowest BCUT2D eigenvalue weighted by Crippen LogP contribution is -2.51. The first-order chi connectivity index (χ1) is 8.65. The Balaban J connectivity index is 1.69. The summed E-state index contributed by atoms with van der Waals surface area (Å²) in [5.41, 5.74) is 0. The van der Waals surface area contributed by atoms with Gasteiger partial charge in [0, 0.05) is 38.3 Å². The van der Waals surface area contributed by atoms with Crippen molar-refractivity contribution in [1.82, 2.24) is 10.2 Å². The van der Waals surface area contributed by atoms with Crippen molar-refractivity contribution in [3.05, 3.63) is 0 Å². The molecule has 0 saturated carbocycles. The lowest BCUT2D eigenvalue weighted by molar-refractivity contribution is -0.0420. The lowest BCUT2D eigenvalue weighted by Gasteiger charge is -2.37. The van der Waals surface area contributed by atoms with Crippen molar-refractivity contribution in [2.24, 2.45) is 0 Å². The van der Waals surface area contributed by atoms with Crippen LogP contribution in [0.25, 0.3) is 0 Å². The van der Waals surface area contributed by atoms with Crippen LogP contribution in [-0.2, 0) is 9.47 Å². The van der Waals surface area contributed by atoms with E-state index in [9.17, 15) is 0 Å². The smallest absolute Gasteiger partial charge is 0.0826 e. The number of ether oxygens (including phenoxy) is 2. The molecule has 1 N–H and O–H groups in total. The highest BCUT2D eigenvalue weighted by atomic mass is 16.5. The molecule has 18 heavy (non-hydrogen) atoms. The zero-order valence-electron chi connectivity index (χ0n) is 12.0. The molecule has 2 fully saturated rings. The minimum absolute atomic E-state index is 0.347. The summed E-state index contributed by atoms with van der Waals surface area (Å²) in [5, 5.41) is 3.65. The van der Waals surface area contributed by atoms with E-state index in [1.807, 2.05) is 0 Å². The highest BCUT2D eigenvalue weighted by Gasteiger charge is 2.24. The summed E-state index contributed by atoms with van der Waals surface area (Å²) in [6, 6.07) is 1.23. The van der Waals surface area contributed by atoms with Crippen molar-refractivity contribution >= 4 is 0 Å². The first-order valence-corrected chi connectivity index (χ1v) is 7.35. The van der Waals surface area contributed by atoms with E-state index in [0.717, 1.165) is 45.7 Å². The second-order valence-corrected chi connectivity index (χ2v) is 5.89. The Morgan fingerprint density at radius 1 is 1.28 bits per heavy atom. The lowest BCUT2D eigenvalue weighted by atomic mass is 10.0. The van der Waals surface area contributed by atoms with Crippen molar-refractivity contribution in [1.29, 1.82) is 0 Å². The van der Waals surface area contributed by atoms with E-state index in [4.69, 9.17) is 9.47 Å². The second-order valence-electron chi connectivity index (χ2n) is 5.89. The molecule has 2 aliphatic heterocycles. The molecule has 0 aromatic heterocycles. The van der Waals surface area contributed by atoms with E-state index in [0.29, 0.717) is 24.3 Å². The van der Waals surface area contributed by atoms with Crippen molar-refractivity contribution in [3.8, 4) is 0 Å². The van der Waals surface area contributed by atoms with Gasteiger partial charge >= 0.3 is 0 Å². The topological polar surface area (TPSA) is 33.7 Å². The van der Waals surface area contributed by atoms with E-state index in [1.165, 1.54) is 0 Å². The number of hydrogen-bond donors (Lipinski definition) is 1. The largest absolute Gasteiger partial charge is 0.378 e. The monoisotopic (exact) mass is 256 g/mol. The van der Waals surface area contributed by atoms with Gasteiger partial charge in [-0.1, -0.05) is 0 Å². The normalized spacial score (nSPS) is 35.0. The van der Waals surface area contributed by atoms with Gasteiger partial charge in [0.1, 0.15) is 0 Å². The minimum Gasteiger partial charge on any atom is -0.378 e. The van der Waals surface area contributed by atoms with Crippen LogP contribution in [0.3, 0.4) is 0 Å². The maximum absolute atomic E-state index is 5.84. The molecule has 4 nitrogen and oxygen atoms in total. The molecule has 3 atom stereocenters. The summed E-state index contributed by atoms with van der Waals surface area (Å²) in [7, 11) is 0. The third-order valence-corrected chi connectivity index (χ3v) is 4.02. The molecule has 2 heterocycles. The van der Waals surface area contributed by atoms with Crippen molar-refractivity contribution in [2.75, 3.05) is 32.8 Å². The van der Waals surface area contributed by atoms with Crippen LogP contribution >= 0.6 is 0 Å². The Kier molecular flexibility index (Phi) is 5.42. The minimum atomic E-state index is 0.347. The van der Waals surface area contributed by atoms with E-state index < -0.39 is 0 Å². The quantitative estimate of drug-likeness (QED) is 0.821. The molecular weight excluding hydrogens is 228 g/mol. The Labute approximate surface area is 111 Å². The molecule has 0 spiro atoms. The van der Waals surface area contributed by atoms with Crippen LogP contribution < -0.4 is 5.32 Å². The fourth-order valence-electron chi connectivity index (χ4n) is 2.82. The van der Waals surface area contributed by atoms with Crippen molar-refractivity contribution < 1.29 is 9.47 Å². The van der Waals surface area contributed by atoms with Crippen LogP contribution in [0.2, 0.25) is 0 Å². The van der Waals surface area contributed by atoms with Crippen LogP contribution in [0.4, 0.5) is 0 Å². The van der Waals surface area contributed by atoms with Gasteiger partial charge in [0.25, 0.3) is 0 Å². The summed E-state index contributed by atoms with van der Waals surface area (Å²) in [6.07, 6.45) is 3.00. The summed E-state index contributed by atoms with van der Waals surface area (Å²) < 4.78 is 11.4. The number of morpholine rings is 1. The van der Waals surface area contributed by atoms with E-state index >= 15 is 0 Å². The zero-order chi connectivity index (χ0) is 13.0. The predicted molar refractivity (Wildman–Crippen MR) is 72.9 cm³/mol. The fourth-order valence-corrected chi connectivity index (χ4v) is 2.82. The molecule has 4 heteroatoms. The first kappa shape index (κ1) is 14.3. The third-order valence-electron chi connectivity index (χ3n) is 4.02. The van der Waals surface area contributed by atoms with Crippen LogP contribution in [0.5, 0.6) is 0 Å². The average Bonchev–Trinajstić information content (AvgIpc) is 2.37. The number of nitrogens with one attached hydrogen (secondary N) is 1. The Bertz CT molecular complexity index is 248.